The van der Waals surface area contributed by atoms with Crippen LogP contribution in [0.4, 0.5) is 0 Å². The smallest absolute Gasteiger partial charge is 0.263 e. The van der Waals surface area contributed by atoms with Crippen LogP contribution < -0.4 is 16.6 Å². The molecule has 0 spiro atoms. The Morgan fingerprint density at radius 3 is 2.85 bits per heavy atom. The molecule has 3 aromatic heterocycles. The fraction of sp³-hybridized carbons (Fsp3) is 0.389. The molecule has 3 aromatic rings. The number of fused-ring (bicyclic) bond motifs is 1. The van der Waals surface area contributed by atoms with Crippen LogP contribution in [0.5, 0.6) is 0 Å². The molecule has 0 aliphatic heterocycles. The zero-order chi connectivity index (χ0) is 18.1. The van der Waals surface area contributed by atoms with Crippen molar-refractivity contribution in [2.45, 2.75) is 37.8 Å². The summed E-state index contributed by atoms with van der Waals surface area (Å²) < 4.78 is 1.39. The first-order chi connectivity index (χ1) is 12.6. The van der Waals surface area contributed by atoms with Crippen molar-refractivity contribution in [3.63, 3.8) is 0 Å². The molecule has 6 nitrogen and oxygen atoms in total. The Balaban J connectivity index is 1.63. The van der Waals surface area contributed by atoms with E-state index in [4.69, 9.17) is 5.73 Å². The predicted molar refractivity (Wildman–Crippen MR) is 106 cm³/mol. The van der Waals surface area contributed by atoms with Gasteiger partial charge in [0.1, 0.15) is 11.4 Å². The molecule has 0 saturated heterocycles. The summed E-state index contributed by atoms with van der Waals surface area (Å²) in [5, 5.41) is 7.58. The Morgan fingerprint density at radius 2 is 2.15 bits per heavy atom. The Morgan fingerprint density at radius 1 is 1.35 bits per heavy atom. The second-order valence-corrected chi connectivity index (χ2v) is 8.53. The van der Waals surface area contributed by atoms with Crippen LogP contribution in [0.1, 0.15) is 25.7 Å². The summed E-state index contributed by atoms with van der Waals surface area (Å²) in [6.07, 6.45) is 5.40. The lowest BCUT2D eigenvalue weighted by Crippen LogP contribution is -2.52. The van der Waals surface area contributed by atoms with Crippen molar-refractivity contribution in [2.24, 2.45) is 5.73 Å². The van der Waals surface area contributed by atoms with Crippen molar-refractivity contribution < 1.29 is 4.79 Å². The van der Waals surface area contributed by atoms with Gasteiger partial charge in [-0.15, -0.1) is 22.7 Å². The quantitative estimate of drug-likeness (QED) is 0.703. The maximum atomic E-state index is 13.0. The molecule has 1 amide bonds. The molecule has 0 atom stereocenters. The van der Waals surface area contributed by atoms with Crippen LogP contribution in [-0.2, 0) is 11.3 Å². The second kappa shape index (κ2) is 6.94. The molecule has 0 radical (unpaired) electrons. The van der Waals surface area contributed by atoms with Crippen LogP contribution >= 0.6 is 22.7 Å². The van der Waals surface area contributed by atoms with Crippen molar-refractivity contribution in [2.75, 3.05) is 6.54 Å². The van der Waals surface area contributed by atoms with Gasteiger partial charge in [-0.05, 0) is 24.3 Å². The number of nitrogens with two attached hydrogens (primary N) is 1. The number of rotatable bonds is 5. The Kier molecular flexibility index (Phi) is 4.64. The maximum Gasteiger partial charge on any atom is 0.263 e. The average molecular weight is 389 g/mol. The van der Waals surface area contributed by atoms with E-state index < -0.39 is 0 Å². The highest BCUT2D eigenvalue weighted by Gasteiger charge is 2.33. The van der Waals surface area contributed by atoms with Crippen LogP contribution in [0.25, 0.3) is 20.7 Å². The molecule has 0 bridgehead atoms. The molecule has 1 aliphatic rings. The number of thiophene rings is 2. The van der Waals surface area contributed by atoms with Gasteiger partial charge in [-0.25, -0.2) is 4.98 Å². The van der Waals surface area contributed by atoms with Gasteiger partial charge in [-0.1, -0.05) is 18.9 Å². The molecule has 8 heteroatoms. The summed E-state index contributed by atoms with van der Waals surface area (Å²) in [4.78, 5) is 31.6. The zero-order valence-corrected chi connectivity index (χ0v) is 15.9. The van der Waals surface area contributed by atoms with E-state index in [1.54, 1.807) is 11.3 Å². The predicted octanol–water partition coefficient (Wildman–Crippen LogP) is 2.57. The topological polar surface area (TPSA) is 90.0 Å². The average Bonchev–Trinajstić information content (AvgIpc) is 3.37. The molecule has 3 heterocycles. The van der Waals surface area contributed by atoms with Gasteiger partial charge in [0, 0.05) is 22.4 Å². The first-order valence-electron chi connectivity index (χ1n) is 8.63. The van der Waals surface area contributed by atoms with E-state index in [1.165, 1.54) is 22.2 Å². The molecule has 26 heavy (non-hydrogen) atoms. The first kappa shape index (κ1) is 17.4. The summed E-state index contributed by atoms with van der Waals surface area (Å²) in [5.41, 5.74) is 6.28. The van der Waals surface area contributed by atoms with Crippen LogP contribution in [0.2, 0.25) is 0 Å². The van der Waals surface area contributed by atoms with Crippen LogP contribution in [0, 0.1) is 0 Å². The lowest BCUT2D eigenvalue weighted by atomic mass is 9.98. The molecule has 1 aliphatic carbocycles. The van der Waals surface area contributed by atoms with E-state index in [1.807, 2.05) is 22.9 Å². The van der Waals surface area contributed by atoms with E-state index in [2.05, 4.69) is 10.3 Å². The van der Waals surface area contributed by atoms with Crippen LogP contribution in [0.3, 0.4) is 0 Å². The van der Waals surface area contributed by atoms with Crippen LogP contribution in [0.15, 0.2) is 34.0 Å². The lowest BCUT2D eigenvalue weighted by molar-refractivity contribution is -0.123. The summed E-state index contributed by atoms with van der Waals surface area (Å²) in [6.45, 7) is 0.390. The molecule has 1 fully saturated rings. The molecule has 0 unspecified atom stereocenters. The molecular formula is C18H20N4O2S2. The molecule has 136 valence electrons. The molecule has 4 rings (SSSR count). The number of nitrogens with one attached hydrogen (secondary N) is 1. The summed E-state index contributed by atoms with van der Waals surface area (Å²) in [7, 11) is 0. The number of hydrogen-bond acceptors (Lipinski definition) is 6. The fourth-order valence-corrected chi connectivity index (χ4v) is 5.34. The Labute approximate surface area is 158 Å². The molecule has 1 saturated carbocycles. The first-order valence-corrected chi connectivity index (χ1v) is 10.4. The number of carbonyl (C=O) groups is 1. The number of carbonyl (C=O) groups excluding carboxylic acids is 1. The van der Waals surface area contributed by atoms with E-state index in [0.29, 0.717) is 16.8 Å². The lowest BCUT2D eigenvalue weighted by Gasteiger charge is -2.28. The SMILES string of the molecule is NCC1(NC(=O)Cn2cnc3scc(-c4cccs4)c3c2=O)CCCC1. The van der Waals surface area contributed by atoms with Gasteiger partial charge >= 0.3 is 0 Å². The zero-order valence-electron chi connectivity index (χ0n) is 14.2. The minimum absolute atomic E-state index is 0.0384. The van der Waals surface area contributed by atoms with Crippen molar-refractivity contribution >= 4 is 38.8 Å². The van der Waals surface area contributed by atoms with Gasteiger partial charge < -0.3 is 11.1 Å². The minimum Gasteiger partial charge on any atom is -0.348 e. The van der Waals surface area contributed by atoms with E-state index in [9.17, 15) is 9.59 Å². The number of hydrogen-bond donors (Lipinski definition) is 2. The van der Waals surface area contributed by atoms with Gasteiger partial charge in [0.2, 0.25) is 5.91 Å². The largest absolute Gasteiger partial charge is 0.348 e. The van der Waals surface area contributed by atoms with Gasteiger partial charge in [0.25, 0.3) is 5.56 Å². The van der Waals surface area contributed by atoms with Gasteiger partial charge in [0.15, 0.2) is 0 Å². The third-order valence-electron chi connectivity index (χ3n) is 5.02. The van der Waals surface area contributed by atoms with Crippen molar-refractivity contribution in [3.8, 4) is 10.4 Å². The van der Waals surface area contributed by atoms with Crippen LogP contribution in [-0.4, -0.2) is 27.5 Å². The highest BCUT2D eigenvalue weighted by molar-refractivity contribution is 7.18. The second-order valence-electron chi connectivity index (χ2n) is 6.72. The number of aromatic nitrogens is 2. The minimum atomic E-state index is -0.317. The third kappa shape index (κ3) is 3.08. The summed E-state index contributed by atoms with van der Waals surface area (Å²) >= 11 is 3.03. The van der Waals surface area contributed by atoms with Gasteiger partial charge in [-0.2, -0.15) is 0 Å². The van der Waals surface area contributed by atoms with Crippen molar-refractivity contribution in [3.05, 3.63) is 39.6 Å². The summed E-state index contributed by atoms with van der Waals surface area (Å²) in [5.74, 6) is -0.187. The van der Waals surface area contributed by atoms with E-state index in [0.717, 1.165) is 36.1 Å². The highest BCUT2D eigenvalue weighted by atomic mass is 32.1. The Hall–Kier alpha value is -2.03. The van der Waals surface area contributed by atoms with Gasteiger partial charge in [0.05, 0.1) is 17.3 Å². The fourth-order valence-electron chi connectivity index (χ4n) is 3.62. The monoisotopic (exact) mass is 388 g/mol. The maximum absolute atomic E-state index is 13.0. The highest BCUT2D eigenvalue weighted by Crippen LogP contribution is 2.33. The van der Waals surface area contributed by atoms with Crippen molar-refractivity contribution in [1.29, 1.82) is 0 Å². The number of nitrogens with zero attached hydrogens (tertiary/aromatic N) is 2. The molecule has 0 aromatic carbocycles. The third-order valence-corrected chi connectivity index (χ3v) is 6.81. The molecule has 3 N–H and O–H groups in total. The number of amides is 1. The Bertz CT molecular complexity index is 984. The normalized spacial score (nSPS) is 16.2. The van der Waals surface area contributed by atoms with Crippen molar-refractivity contribution in [1.82, 2.24) is 14.9 Å². The summed E-state index contributed by atoms with van der Waals surface area (Å²) in [6, 6.07) is 3.94. The van der Waals surface area contributed by atoms with E-state index in [-0.39, 0.29) is 23.6 Å². The van der Waals surface area contributed by atoms with Gasteiger partial charge in [-0.3, -0.25) is 14.2 Å². The molecular weight excluding hydrogens is 368 g/mol. The standard InChI is InChI=1S/C18H20N4O2S2/c19-10-18(5-1-2-6-18)21-14(23)8-22-11-20-16-15(17(22)24)12(9-26-16)13-4-3-7-25-13/h3-4,7,9,11H,1-2,5-6,8,10,19H2,(H,21,23). The van der Waals surface area contributed by atoms with E-state index >= 15 is 0 Å².